The van der Waals surface area contributed by atoms with Gasteiger partial charge in [-0.1, -0.05) is 27.2 Å². The Balaban J connectivity index is 2.74. The van der Waals surface area contributed by atoms with Crippen molar-refractivity contribution in [3.63, 3.8) is 0 Å². The lowest BCUT2D eigenvalue weighted by atomic mass is 9.63. The average Bonchev–Trinajstić information content (AvgIpc) is 2.02. The van der Waals surface area contributed by atoms with Gasteiger partial charge in [0.25, 0.3) is 0 Å². The van der Waals surface area contributed by atoms with Gasteiger partial charge in [0.1, 0.15) is 0 Å². The van der Waals surface area contributed by atoms with Crippen LogP contribution in [0.3, 0.4) is 0 Å². The van der Waals surface area contributed by atoms with E-state index in [1.54, 1.807) is 0 Å². The summed E-state index contributed by atoms with van der Waals surface area (Å²) in [5.41, 5.74) is 0.395. The Bertz CT molecular complexity index is 200. The Morgan fingerprint density at radius 1 is 1.33 bits per heavy atom. The van der Waals surface area contributed by atoms with Crippen LogP contribution in [0.1, 0.15) is 52.9 Å². The zero-order valence-electron chi connectivity index (χ0n) is 8.48. The summed E-state index contributed by atoms with van der Waals surface area (Å²) in [5, 5.41) is 9.12. The fourth-order valence-electron chi connectivity index (χ4n) is 2.47. The molecule has 1 nitrogen and oxygen atoms in total. The van der Waals surface area contributed by atoms with Crippen molar-refractivity contribution >= 4 is 0 Å². The van der Waals surface area contributed by atoms with Crippen LogP contribution in [0.15, 0.2) is 0 Å². The normalized spacial score (nSPS) is 34.2. The summed E-state index contributed by atoms with van der Waals surface area (Å²) in [6.07, 6.45) is 5.74. The summed E-state index contributed by atoms with van der Waals surface area (Å²) in [6, 6.07) is 2.52. The van der Waals surface area contributed by atoms with E-state index in [-0.39, 0.29) is 5.41 Å². The largest absolute Gasteiger partial charge is 0.198 e. The van der Waals surface area contributed by atoms with Gasteiger partial charge in [-0.15, -0.1) is 0 Å². The lowest BCUT2D eigenvalue weighted by molar-refractivity contribution is 0.126. The van der Waals surface area contributed by atoms with Crippen molar-refractivity contribution in [2.45, 2.75) is 52.9 Å². The van der Waals surface area contributed by atoms with Crippen LogP contribution in [-0.2, 0) is 0 Å². The van der Waals surface area contributed by atoms with Crippen molar-refractivity contribution in [1.82, 2.24) is 0 Å². The predicted molar refractivity (Wildman–Crippen MR) is 50.6 cm³/mol. The lowest BCUT2D eigenvalue weighted by Crippen LogP contribution is -2.31. The molecular formula is C11H19N. The number of hydrogen-bond acceptors (Lipinski definition) is 1. The maximum Gasteiger partial charge on any atom is 0.0689 e. The van der Waals surface area contributed by atoms with Gasteiger partial charge in [0.05, 0.1) is 11.5 Å². The second-order valence-electron chi connectivity index (χ2n) is 4.94. The number of nitrogens with zero attached hydrogens (tertiary/aromatic N) is 1. The Hall–Kier alpha value is -0.510. The standard InChI is InChI=1S/C11H19N/c1-4-11(9-12)7-5-6-10(2,3)8-11/h4-8H2,1-3H3. The van der Waals surface area contributed by atoms with Crippen LogP contribution in [0, 0.1) is 22.2 Å². The van der Waals surface area contributed by atoms with Gasteiger partial charge < -0.3 is 0 Å². The molecule has 1 aliphatic rings. The molecule has 0 spiro atoms. The van der Waals surface area contributed by atoms with Crippen LogP contribution in [0.25, 0.3) is 0 Å². The van der Waals surface area contributed by atoms with Crippen molar-refractivity contribution in [3.05, 3.63) is 0 Å². The first-order valence-electron chi connectivity index (χ1n) is 4.95. The molecule has 1 aliphatic carbocycles. The summed E-state index contributed by atoms with van der Waals surface area (Å²) >= 11 is 0. The first-order chi connectivity index (χ1) is 5.54. The molecule has 0 aromatic carbocycles. The molecule has 1 heteroatoms. The van der Waals surface area contributed by atoms with E-state index >= 15 is 0 Å². The molecule has 1 unspecified atom stereocenters. The third-order valence-corrected chi connectivity index (χ3v) is 3.24. The number of rotatable bonds is 1. The van der Waals surface area contributed by atoms with Gasteiger partial charge in [-0.3, -0.25) is 0 Å². The molecule has 1 saturated carbocycles. The molecule has 0 radical (unpaired) electrons. The van der Waals surface area contributed by atoms with E-state index in [9.17, 15) is 0 Å². The van der Waals surface area contributed by atoms with Gasteiger partial charge >= 0.3 is 0 Å². The van der Waals surface area contributed by atoms with Gasteiger partial charge in [0, 0.05) is 0 Å². The first-order valence-corrected chi connectivity index (χ1v) is 4.95. The summed E-state index contributed by atoms with van der Waals surface area (Å²) < 4.78 is 0. The van der Waals surface area contributed by atoms with E-state index in [1.165, 1.54) is 12.8 Å². The minimum Gasteiger partial charge on any atom is -0.198 e. The SMILES string of the molecule is CCC1(C#N)CCCC(C)(C)C1. The molecule has 0 amide bonds. The quantitative estimate of drug-likeness (QED) is 0.583. The molecule has 0 saturated heterocycles. The molecule has 1 rings (SSSR count). The average molecular weight is 165 g/mol. The van der Waals surface area contributed by atoms with E-state index in [4.69, 9.17) is 5.26 Å². The zero-order valence-corrected chi connectivity index (χ0v) is 8.48. The molecule has 0 aromatic rings. The molecule has 0 aromatic heterocycles. The van der Waals surface area contributed by atoms with Crippen molar-refractivity contribution in [2.75, 3.05) is 0 Å². The molecular weight excluding hydrogens is 146 g/mol. The topological polar surface area (TPSA) is 23.8 Å². The summed E-state index contributed by atoms with van der Waals surface area (Å²) in [4.78, 5) is 0. The summed E-state index contributed by atoms with van der Waals surface area (Å²) in [5.74, 6) is 0. The highest BCUT2D eigenvalue weighted by Gasteiger charge is 2.38. The van der Waals surface area contributed by atoms with Gasteiger partial charge in [-0.2, -0.15) is 5.26 Å². The highest BCUT2D eigenvalue weighted by molar-refractivity contribution is 5.03. The maximum absolute atomic E-state index is 9.12. The Morgan fingerprint density at radius 3 is 2.33 bits per heavy atom. The van der Waals surface area contributed by atoms with Crippen molar-refractivity contribution in [3.8, 4) is 6.07 Å². The smallest absolute Gasteiger partial charge is 0.0689 e. The van der Waals surface area contributed by atoms with E-state index < -0.39 is 0 Å². The van der Waals surface area contributed by atoms with E-state index in [0.717, 1.165) is 19.3 Å². The van der Waals surface area contributed by atoms with Crippen LogP contribution in [0.4, 0.5) is 0 Å². The Labute approximate surface area is 75.8 Å². The molecule has 12 heavy (non-hydrogen) atoms. The monoisotopic (exact) mass is 165 g/mol. The molecule has 68 valence electrons. The maximum atomic E-state index is 9.12. The van der Waals surface area contributed by atoms with Gasteiger partial charge in [-0.05, 0) is 31.1 Å². The molecule has 0 heterocycles. The molecule has 1 fully saturated rings. The molecule has 0 N–H and O–H groups in total. The molecule has 1 atom stereocenters. The van der Waals surface area contributed by atoms with Gasteiger partial charge in [0.2, 0.25) is 0 Å². The lowest BCUT2D eigenvalue weighted by Gasteiger charge is -2.40. The van der Waals surface area contributed by atoms with Crippen LogP contribution < -0.4 is 0 Å². The fourth-order valence-corrected chi connectivity index (χ4v) is 2.47. The second kappa shape index (κ2) is 3.09. The van der Waals surface area contributed by atoms with Crippen molar-refractivity contribution < 1.29 is 0 Å². The van der Waals surface area contributed by atoms with Crippen LogP contribution in [-0.4, -0.2) is 0 Å². The predicted octanol–water partition coefficient (Wildman–Crippen LogP) is 3.51. The Kier molecular flexibility index (Phi) is 2.46. The van der Waals surface area contributed by atoms with Gasteiger partial charge in [0.15, 0.2) is 0 Å². The van der Waals surface area contributed by atoms with E-state index in [1.807, 2.05) is 0 Å². The fraction of sp³-hybridized carbons (Fsp3) is 0.909. The minimum absolute atomic E-state index is 0.00174. The van der Waals surface area contributed by atoms with Crippen molar-refractivity contribution in [2.24, 2.45) is 10.8 Å². The van der Waals surface area contributed by atoms with Gasteiger partial charge in [-0.25, -0.2) is 0 Å². The van der Waals surface area contributed by atoms with E-state index in [0.29, 0.717) is 5.41 Å². The van der Waals surface area contributed by atoms with E-state index in [2.05, 4.69) is 26.8 Å². The first kappa shape index (κ1) is 9.58. The zero-order chi connectivity index (χ0) is 9.24. The molecule has 0 bridgehead atoms. The Morgan fingerprint density at radius 2 is 2.00 bits per heavy atom. The number of hydrogen-bond donors (Lipinski definition) is 0. The van der Waals surface area contributed by atoms with Crippen LogP contribution in [0.2, 0.25) is 0 Å². The minimum atomic E-state index is 0.00174. The third-order valence-electron chi connectivity index (χ3n) is 3.24. The second-order valence-corrected chi connectivity index (χ2v) is 4.94. The number of nitriles is 1. The highest BCUT2D eigenvalue weighted by atomic mass is 14.4. The summed E-state index contributed by atoms with van der Waals surface area (Å²) in [6.45, 7) is 6.71. The summed E-state index contributed by atoms with van der Waals surface area (Å²) in [7, 11) is 0. The molecule has 0 aliphatic heterocycles. The highest BCUT2D eigenvalue weighted by Crippen LogP contribution is 2.47. The van der Waals surface area contributed by atoms with Crippen LogP contribution in [0.5, 0.6) is 0 Å². The van der Waals surface area contributed by atoms with Crippen molar-refractivity contribution in [1.29, 1.82) is 5.26 Å². The van der Waals surface area contributed by atoms with Crippen LogP contribution >= 0.6 is 0 Å². The third kappa shape index (κ3) is 1.80.